The van der Waals surface area contributed by atoms with Crippen molar-refractivity contribution in [3.63, 3.8) is 0 Å². The smallest absolute Gasteiger partial charge is 0.320 e. The van der Waals surface area contributed by atoms with Crippen LogP contribution in [0.3, 0.4) is 0 Å². The zero-order valence-corrected chi connectivity index (χ0v) is 8.28. The number of nitrogens with one attached hydrogen (secondary N) is 1. The number of H-pyrrole nitrogens is 1. The minimum Gasteiger partial charge on any atom is -0.320 e. The average molecular weight is 280 g/mol. The molecule has 64 valence electrons. The minimum atomic E-state index is -0.694. The lowest BCUT2D eigenvalue weighted by Gasteiger charge is -1.95. The molecule has 1 aromatic rings. The monoisotopic (exact) mass is 280 g/mol. The van der Waals surface area contributed by atoms with Gasteiger partial charge >= 0.3 is 11.2 Å². The molecule has 0 saturated heterocycles. The maximum Gasteiger partial charge on any atom is 0.334 e. The maximum atomic E-state index is 10.9. The number of rotatable bonds is 1. The van der Waals surface area contributed by atoms with Crippen molar-refractivity contribution in [3.8, 4) is 0 Å². The third-order valence-electron chi connectivity index (χ3n) is 1.35. The summed E-state index contributed by atoms with van der Waals surface area (Å²) in [4.78, 5) is 22.9. The number of pyridine rings is 1. The lowest BCUT2D eigenvalue weighted by atomic mass is 10.3. The van der Waals surface area contributed by atoms with E-state index < -0.39 is 16.2 Å². The van der Waals surface area contributed by atoms with Crippen molar-refractivity contribution in [2.45, 2.75) is 6.92 Å². The van der Waals surface area contributed by atoms with Gasteiger partial charge in [-0.2, -0.15) is 0 Å². The minimum absolute atomic E-state index is 0.412. The Morgan fingerprint density at radius 2 is 2.25 bits per heavy atom. The summed E-state index contributed by atoms with van der Waals surface area (Å²) < 4.78 is 0.680. The van der Waals surface area contributed by atoms with E-state index in [1.807, 2.05) is 22.6 Å². The van der Waals surface area contributed by atoms with Crippen molar-refractivity contribution < 1.29 is 4.92 Å². The second kappa shape index (κ2) is 3.21. The van der Waals surface area contributed by atoms with E-state index >= 15 is 0 Å². The largest absolute Gasteiger partial charge is 0.334 e. The van der Waals surface area contributed by atoms with Gasteiger partial charge in [0.15, 0.2) is 0 Å². The van der Waals surface area contributed by atoms with Crippen LogP contribution in [0, 0.1) is 20.6 Å². The van der Waals surface area contributed by atoms with Crippen LogP contribution in [0.15, 0.2) is 10.9 Å². The number of nitro groups is 1. The topological polar surface area (TPSA) is 76.0 Å². The van der Waals surface area contributed by atoms with Gasteiger partial charge in [-0.15, -0.1) is 0 Å². The summed E-state index contributed by atoms with van der Waals surface area (Å²) in [7, 11) is 0. The fourth-order valence-corrected chi connectivity index (χ4v) is 1.15. The average Bonchev–Trinajstić information content (AvgIpc) is 1.96. The summed E-state index contributed by atoms with van der Waals surface area (Å²) in [5, 5.41) is 10.3. The predicted molar refractivity (Wildman–Crippen MR) is 51.2 cm³/mol. The highest BCUT2D eigenvalue weighted by molar-refractivity contribution is 14.1. The summed E-state index contributed by atoms with van der Waals surface area (Å²) in [5.74, 6) is 0. The molecule has 1 aromatic heterocycles. The normalized spacial score (nSPS) is 9.83. The van der Waals surface area contributed by atoms with Gasteiger partial charge in [0.2, 0.25) is 0 Å². The second-order valence-electron chi connectivity index (χ2n) is 2.21. The van der Waals surface area contributed by atoms with Crippen LogP contribution in [0.5, 0.6) is 0 Å². The van der Waals surface area contributed by atoms with Crippen molar-refractivity contribution in [3.05, 3.63) is 35.8 Å². The summed E-state index contributed by atoms with van der Waals surface area (Å²) in [6, 6.07) is 1.26. The molecule has 0 amide bonds. The zero-order chi connectivity index (χ0) is 9.30. The van der Waals surface area contributed by atoms with Crippen LogP contribution in [0.2, 0.25) is 0 Å². The molecule has 0 fully saturated rings. The first kappa shape index (κ1) is 9.17. The zero-order valence-electron chi connectivity index (χ0n) is 6.13. The number of aromatic amines is 1. The Balaban J connectivity index is 3.43. The highest BCUT2D eigenvalue weighted by Crippen LogP contribution is 2.11. The molecule has 0 unspecified atom stereocenters. The van der Waals surface area contributed by atoms with E-state index in [4.69, 9.17) is 0 Å². The first-order valence-electron chi connectivity index (χ1n) is 3.06. The molecule has 6 heteroatoms. The Morgan fingerprint density at radius 1 is 1.67 bits per heavy atom. The molecular formula is C6H5IN2O3. The molecule has 12 heavy (non-hydrogen) atoms. The highest BCUT2D eigenvalue weighted by atomic mass is 127. The van der Waals surface area contributed by atoms with E-state index in [2.05, 4.69) is 4.98 Å². The Kier molecular flexibility index (Phi) is 2.46. The highest BCUT2D eigenvalue weighted by Gasteiger charge is 2.13. The molecule has 0 spiro atoms. The Labute approximate surface area is 81.1 Å². The second-order valence-corrected chi connectivity index (χ2v) is 3.38. The maximum absolute atomic E-state index is 10.9. The number of aryl methyl sites for hydroxylation is 1. The van der Waals surface area contributed by atoms with Crippen molar-refractivity contribution in [1.82, 2.24) is 4.98 Å². The Bertz CT molecular complexity index is 385. The molecule has 0 bridgehead atoms. The van der Waals surface area contributed by atoms with Crippen LogP contribution in [0.25, 0.3) is 0 Å². The Morgan fingerprint density at radius 3 is 2.75 bits per heavy atom. The first-order valence-corrected chi connectivity index (χ1v) is 4.14. The van der Waals surface area contributed by atoms with E-state index in [1.165, 1.54) is 6.07 Å². The fourth-order valence-electron chi connectivity index (χ4n) is 0.723. The standard InChI is InChI=1S/C6H5IN2O3/c1-3-4(7)2-5(9(11)12)6(10)8-3/h2H,1H3,(H,8,10). The lowest BCUT2D eigenvalue weighted by molar-refractivity contribution is -0.386. The SMILES string of the molecule is Cc1[nH]c(=O)c([N+](=O)[O-])cc1I. The van der Waals surface area contributed by atoms with Crippen molar-refractivity contribution >= 4 is 28.3 Å². The summed E-state index contributed by atoms with van der Waals surface area (Å²) >= 11 is 1.93. The van der Waals surface area contributed by atoms with Crippen LogP contribution in [-0.2, 0) is 0 Å². The van der Waals surface area contributed by atoms with Gasteiger partial charge in [-0.1, -0.05) is 0 Å². The van der Waals surface area contributed by atoms with Gasteiger partial charge in [-0.05, 0) is 29.5 Å². The number of nitrogens with zero attached hydrogens (tertiary/aromatic N) is 1. The van der Waals surface area contributed by atoms with E-state index in [-0.39, 0.29) is 0 Å². The molecule has 0 aliphatic rings. The summed E-state index contributed by atoms with van der Waals surface area (Å²) in [6.07, 6.45) is 0. The quantitative estimate of drug-likeness (QED) is 0.477. The van der Waals surface area contributed by atoms with Crippen molar-refractivity contribution in [2.75, 3.05) is 0 Å². The molecule has 0 atom stereocenters. The van der Waals surface area contributed by atoms with Gasteiger partial charge < -0.3 is 4.98 Å². The molecule has 1 N–H and O–H groups in total. The van der Waals surface area contributed by atoms with Crippen LogP contribution in [0.4, 0.5) is 5.69 Å². The molecule has 1 heterocycles. The van der Waals surface area contributed by atoms with Gasteiger partial charge in [-0.25, -0.2) is 0 Å². The van der Waals surface area contributed by atoms with E-state index in [0.29, 0.717) is 9.26 Å². The van der Waals surface area contributed by atoms with Crippen LogP contribution < -0.4 is 5.56 Å². The lowest BCUT2D eigenvalue weighted by Crippen LogP contribution is -2.13. The molecule has 0 aromatic carbocycles. The summed E-state index contributed by atoms with van der Waals surface area (Å²) in [6.45, 7) is 1.69. The van der Waals surface area contributed by atoms with Gasteiger partial charge in [0, 0.05) is 15.3 Å². The fraction of sp³-hybridized carbons (Fsp3) is 0.167. The van der Waals surface area contributed by atoms with Crippen LogP contribution in [0.1, 0.15) is 5.69 Å². The molecule has 0 aliphatic heterocycles. The molecule has 1 rings (SSSR count). The third-order valence-corrected chi connectivity index (χ3v) is 2.47. The van der Waals surface area contributed by atoms with E-state index in [1.54, 1.807) is 6.92 Å². The molecule has 0 radical (unpaired) electrons. The first-order chi connectivity index (χ1) is 5.52. The number of hydrogen-bond acceptors (Lipinski definition) is 3. The molecule has 5 nitrogen and oxygen atoms in total. The van der Waals surface area contributed by atoms with Crippen molar-refractivity contribution in [1.29, 1.82) is 0 Å². The predicted octanol–water partition coefficient (Wildman–Crippen LogP) is 1.20. The molecule has 0 aliphatic carbocycles. The summed E-state index contributed by atoms with van der Waals surface area (Å²) in [5.41, 5.74) is -0.422. The van der Waals surface area contributed by atoms with Gasteiger partial charge in [0.05, 0.1) is 4.92 Å². The Hall–Kier alpha value is -0.920. The van der Waals surface area contributed by atoms with Crippen LogP contribution in [-0.4, -0.2) is 9.91 Å². The van der Waals surface area contributed by atoms with Gasteiger partial charge in [-0.3, -0.25) is 14.9 Å². The molecule has 0 saturated carbocycles. The van der Waals surface area contributed by atoms with E-state index in [0.717, 1.165) is 0 Å². The number of halogens is 1. The van der Waals surface area contributed by atoms with Crippen LogP contribution >= 0.6 is 22.6 Å². The third kappa shape index (κ3) is 1.63. The molecular weight excluding hydrogens is 275 g/mol. The van der Waals surface area contributed by atoms with E-state index in [9.17, 15) is 14.9 Å². The van der Waals surface area contributed by atoms with Gasteiger partial charge in [0.1, 0.15) is 0 Å². The number of aromatic nitrogens is 1. The van der Waals surface area contributed by atoms with Gasteiger partial charge in [0.25, 0.3) is 0 Å². The number of hydrogen-bond donors (Lipinski definition) is 1. The van der Waals surface area contributed by atoms with Crippen molar-refractivity contribution in [2.24, 2.45) is 0 Å².